The largest absolute Gasteiger partial charge is 0.493 e. The number of Topliss-reactive ketones (excluding diaryl/α,β-unsaturated/α-hetero) is 1. The number of aryl methyl sites for hydroxylation is 1. The van der Waals surface area contributed by atoms with Crippen molar-refractivity contribution in [3.63, 3.8) is 0 Å². The minimum atomic E-state index is -0.110. The number of carbonyl (C=O) groups is 3. The zero-order valence-electron chi connectivity index (χ0n) is 18.0. The zero-order valence-corrected chi connectivity index (χ0v) is 18.0. The van der Waals surface area contributed by atoms with Gasteiger partial charge in [0.15, 0.2) is 5.78 Å². The molecule has 6 nitrogen and oxygen atoms in total. The minimum absolute atomic E-state index is 0.0201. The van der Waals surface area contributed by atoms with Crippen LogP contribution in [0.3, 0.4) is 0 Å². The average Bonchev–Trinajstić information content (AvgIpc) is 2.79. The summed E-state index contributed by atoms with van der Waals surface area (Å²) in [6.45, 7) is 3.57. The number of benzene rings is 2. The molecule has 0 radical (unpaired) electrons. The van der Waals surface area contributed by atoms with Gasteiger partial charge >= 0.3 is 0 Å². The molecular weight excluding hydrogens is 392 g/mol. The van der Waals surface area contributed by atoms with E-state index in [1.807, 2.05) is 54.3 Å². The molecule has 0 unspecified atom stereocenters. The fourth-order valence-electron chi connectivity index (χ4n) is 3.61. The van der Waals surface area contributed by atoms with Gasteiger partial charge in [-0.05, 0) is 31.9 Å². The Labute approximate surface area is 183 Å². The fourth-order valence-corrected chi connectivity index (χ4v) is 3.61. The number of amides is 2. The molecule has 2 amide bonds. The van der Waals surface area contributed by atoms with Crippen LogP contribution >= 0.6 is 0 Å². The van der Waals surface area contributed by atoms with Crippen molar-refractivity contribution in [2.45, 2.75) is 45.1 Å². The summed E-state index contributed by atoms with van der Waals surface area (Å²) < 4.78 is 5.59. The van der Waals surface area contributed by atoms with Gasteiger partial charge in [-0.2, -0.15) is 0 Å². The molecule has 2 aromatic carbocycles. The van der Waals surface area contributed by atoms with Crippen molar-refractivity contribution in [3.05, 3.63) is 65.7 Å². The molecule has 3 rings (SSSR count). The van der Waals surface area contributed by atoms with Crippen LogP contribution in [0.2, 0.25) is 0 Å². The van der Waals surface area contributed by atoms with Crippen molar-refractivity contribution in [3.8, 4) is 5.75 Å². The van der Waals surface area contributed by atoms with Crippen LogP contribution in [0.25, 0.3) is 0 Å². The Morgan fingerprint density at radius 3 is 2.29 bits per heavy atom. The SMILES string of the molecule is Cc1ccc(C(=O)CCC(=O)NC2CCN(C(=O)CCOc3ccccc3)CC2)cc1. The second-order valence-corrected chi connectivity index (χ2v) is 7.92. The van der Waals surface area contributed by atoms with Gasteiger partial charge in [0.2, 0.25) is 11.8 Å². The van der Waals surface area contributed by atoms with Crippen LogP contribution in [0.15, 0.2) is 54.6 Å². The molecule has 6 heteroatoms. The number of ether oxygens (including phenoxy) is 1. The maximum absolute atomic E-state index is 12.4. The van der Waals surface area contributed by atoms with Crippen LogP contribution in [0, 0.1) is 6.92 Å². The Balaban J connectivity index is 1.31. The van der Waals surface area contributed by atoms with E-state index in [0.29, 0.717) is 31.7 Å². The Kier molecular flexibility index (Phi) is 8.21. The van der Waals surface area contributed by atoms with Crippen molar-refractivity contribution in [2.24, 2.45) is 0 Å². The Morgan fingerprint density at radius 2 is 1.61 bits per heavy atom. The molecule has 0 aromatic heterocycles. The topological polar surface area (TPSA) is 75.7 Å². The molecule has 31 heavy (non-hydrogen) atoms. The maximum Gasteiger partial charge on any atom is 0.225 e. The highest BCUT2D eigenvalue weighted by atomic mass is 16.5. The van der Waals surface area contributed by atoms with E-state index in [2.05, 4.69) is 5.32 Å². The van der Waals surface area contributed by atoms with Gasteiger partial charge in [0, 0.05) is 37.5 Å². The molecule has 2 aromatic rings. The van der Waals surface area contributed by atoms with E-state index < -0.39 is 0 Å². The van der Waals surface area contributed by atoms with E-state index in [1.54, 1.807) is 12.1 Å². The molecule has 0 saturated carbocycles. The fraction of sp³-hybridized carbons (Fsp3) is 0.400. The third kappa shape index (κ3) is 7.24. The van der Waals surface area contributed by atoms with Crippen molar-refractivity contribution < 1.29 is 19.1 Å². The molecule has 1 fully saturated rings. The first-order valence-corrected chi connectivity index (χ1v) is 10.9. The van der Waals surface area contributed by atoms with E-state index >= 15 is 0 Å². The number of piperidine rings is 1. The molecular formula is C25H30N2O4. The molecule has 0 atom stereocenters. The second-order valence-electron chi connectivity index (χ2n) is 7.92. The van der Waals surface area contributed by atoms with Crippen molar-refractivity contribution in [1.82, 2.24) is 10.2 Å². The van der Waals surface area contributed by atoms with Gasteiger partial charge in [0.25, 0.3) is 0 Å². The predicted molar refractivity (Wildman–Crippen MR) is 119 cm³/mol. The molecule has 1 aliphatic rings. The Bertz CT molecular complexity index is 872. The standard InChI is InChI=1S/C25H30N2O4/c1-19-7-9-20(10-8-19)23(28)11-12-24(29)26-21-13-16-27(17-14-21)25(30)15-18-31-22-5-3-2-4-6-22/h2-10,21H,11-18H2,1H3,(H,26,29). The summed E-state index contributed by atoms with van der Waals surface area (Å²) in [6.07, 6.45) is 2.18. The average molecular weight is 423 g/mol. The summed E-state index contributed by atoms with van der Waals surface area (Å²) in [6, 6.07) is 16.9. The number of hydrogen-bond acceptors (Lipinski definition) is 4. The third-order valence-corrected chi connectivity index (χ3v) is 5.49. The number of hydrogen-bond donors (Lipinski definition) is 1. The maximum atomic E-state index is 12.4. The van der Waals surface area contributed by atoms with Crippen LogP contribution in [0.4, 0.5) is 0 Å². The van der Waals surface area contributed by atoms with Gasteiger partial charge < -0.3 is 15.0 Å². The first-order valence-electron chi connectivity index (χ1n) is 10.9. The first kappa shape index (κ1) is 22.5. The summed E-state index contributed by atoms with van der Waals surface area (Å²) in [5.41, 5.74) is 1.74. The predicted octanol–water partition coefficient (Wildman–Crippen LogP) is 3.53. The number of likely N-dealkylation sites (tertiary alicyclic amines) is 1. The van der Waals surface area contributed by atoms with E-state index in [4.69, 9.17) is 4.74 Å². The van der Waals surface area contributed by atoms with E-state index in [0.717, 1.165) is 24.2 Å². The second kappa shape index (κ2) is 11.3. The van der Waals surface area contributed by atoms with Gasteiger partial charge in [-0.15, -0.1) is 0 Å². The highest BCUT2D eigenvalue weighted by Crippen LogP contribution is 2.14. The molecule has 1 N–H and O–H groups in total. The minimum Gasteiger partial charge on any atom is -0.493 e. The van der Waals surface area contributed by atoms with Gasteiger partial charge in [0.05, 0.1) is 13.0 Å². The number of nitrogens with zero attached hydrogens (tertiary/aromatic N) is 1. The lowest BCUT2D eigenvalue weighted by atomic mass is 10.0. The van der Waals surface area contributed by atoms with Crippen LogP contribution < -0.4 is 10.1 Å². The van der Waals surface area contributed by atoms with Gasteiger partial charge in [-0.3, -0.25) is 14.4 Å². The first-order chi connectivity index (χ1) is 15.0. The Morgan fingerprint density at radius 1 is 0.935 bits per heavy atom. The van der Waals surface area contributed by atoms with Gasteiger partial charge in [-0.1, -0.05) is 48.0 Å². The van der Waals surface area contributed by atoms with Crippen LogP contribution in [0.1, 0.15) is 48.0 Å². The van der Waals surface area contributed by atoms with Crippen LogP contribution in [-0.4, -0.2) is 48.2 Å². The van der Waals surface area contributed by atoms with Crippen molar-refractivity contribution in [2.75, 3.05) is 19.7 Å². The molecule has 1 aliphatic heterocycles. The van der Waals surface area contributed by atoms with E-state index in [1.165, 1.54) is 0 Å². The third-order valence-electron chi connectivity index (χ3n) is 5.49. The molecule has 0 spiro atoms. The zero-order chi connectivity index (χ0) is 22.1. The molecule has 164 valence electrons. The molecule has 0 aliphatic carbocycles. The summed E-state index contributed by atoms with van der Waals surface area (Å²) in [4.78, 5) is 38.6. The monoisotopic (exact) mass is 422 g/mol. The number of para-hydroxylation sites is 1. The summed E-state index contributed by atoms with van der Waals surface area (Å²) in [5.74, 6) is 0.705. The molecule has 1 heterocycles. The highest BCUT2D eigenvalue weighted by molar-refractivity contribution is 5.98. The summed E-state index contributed by atoms with van der Waals surface area (Å²) in [7, 11) is 0. The van der Waals surface area contributed by atoms with Crippen molar-refractivity contribution >= 4 is 17.6 Å². The van der Waals surface area contributed by atoms with E-state index in [-0.39, 0.29) is 36.5 Å². The Hall–Kier alpha value is -3.15. The van der Waals surface area contributed by atoms with Crippen LogP contribution in [0.5, 0.6) is 5.75 Å². The number of rotatable bonds is 9. The van der Waals surface area contributed by atoms with Gasteiger partial charge in [0.1, 0.15) is 5.75 Å². The van der Waals surface area contributed by atoms with Crippen LogP contribution in [-0.2, 0) is 9.59 Å². The van der Waals surface area contributed by atoms with E-state index in [9.17, 15) is 14.4 Å². The number of nitrogens with one attached hydrogen (secondary N) is 1. The quantitative estimate of drug-likeness (QED) is 0.627. The lowest BCUT2D eigenvalue weighted by molar-refractivity contribution is -0.132. The number of ketones is 1. The summed E-state index contributed by atoms with van der Waals surface area (Å²) in [5, 5.41) is 3.01. The van der Waals surface area contributed by atoms with Gasteiger partial charge in [-0.25, -0.2) is 0 Å². The summed E-state index contributed by atoms with van der Waals surface area (Å²) >= 11 is 0. The molecule has 1 saturated heterocycles. The normalized spacial score (nSPS) is 14.2. The lowest BCUT2D eigenvalue weighted by Gasteiger charge is -2.32. The smallest absolute Gasteiger partial charge is 0.225 e. The van der Waals surface area contributed by atoms with Crippen molar-refractivity contribution in [1.29, 1.82) is 0 Å². The highest BCUT2D eigenvalue weighted by Gasteiger charge is 2.23. The molecule has 0 bridgehead atoms. The number of carbonyl (C=O) groups excluding carboxylic acids is 3. The lowest BCUT2D eigenvalue weighted by Crippen LogP contribution is -2.46.